The first kappa shape index (κ1) is 30.4. The first-order valence-corrected chi connectivity index (χ1v) is 8.21. The van der Waals surface area contributed by atoms with Gasteiger partial charge in [-0.2, -0.15) is 0 Å². The number of isocyanates is 4. The van der Waals surface area contributed by atoms with Crippen LogP contribution >= 0.6 is 0 Å². The Morgan fingerprint density at radius 1 is 0.520 bits per heavy atom. The third kappa shape index (κ3) is 61.8. The molecule has 8 nitrogen and oxygen atoms in total. The quantitative estimate of drug-likeness (QED) is 0.371. The van der Waals surface area contributed by atoms with E-state index in [2.05, 4.69) is 6.92 Å². The molecule has 2 rings (SSSR count). The fourth-order valence-corrected chi connectivity index (χ4v) is 2.37. The van der Waals surface area contributed by atoms with Crippen molar-refractivity contribution in [2.75, 3.05) is 0 Å². The Balaban J connectivity index is -0.000000112. The average Bonchev–Trinajstić information content (AvgIpc) is 2.61. The van der Waals surface area contributed by atoms with Gasteiger partial charge in [0, 0.05) is 0 Å². The fraction of sp³-hybridized carbons (Fsp3) is 0.765. The van der Waals surface area contributed by atoms with Gasteiger partial charge in [0.15, 0.2) is 0 Å². The molecule has 0 bridgehead atoms. The van der Waals surface area contributed by atoms with Crippen molar-refractivity contribution >= 4 is 24.3 Å². The number of hydrogen-bond acceptors (Lipinski definition) is 8. The lowest BCUT2D eigenvalue weighted by molar-refractivity contribution is 0.385. The van der Waals surface area contributed by atoms with Gasteiger partial charge in [0.1, 0.15) is 0 Å². The van der Waals surface area contributed by atoms with Crippen LogP contribution in [0.1, 0.15) is 77.6 Å². The maximum atomic E-state index is 8.35. The molecular formula is C17H30N4O4. The molecule has 0 aromatic heterocycles. The normalized spacial score (nSPS) is 14.1. The zero-order valence-corrected chi connectivity index (χ0v) is 15.0. The molecular weight excluding hydrogens is 324 g/mol. The molecule has 0 amide bonds. The van der Waals surface area contributed by atoms with Crippen LogP contribution in [0.3, 0.4) is 0 Å². The molecule has 0 unspecified atom stereocenters. The average molecular weight is 354 g/mol. The van der Waals surface area contributed by atoms with Gasteiger partial charge in [-0.1, -0.05) is 77.6 Å². The molecule has 0 aliphatic heterocycles. The van der Waals surface area contributed by atoms with E-state index in [1.54, 1.807) is 0 Å². The SMILES string of the molecule is C1CCCCC1.CC1CCCCC1.N=C=O.N=C=O.N=C=O.N=C=O. The lowest BCUT2D eigenvalue weighted by Crippen LogP contribution is -1.99. The third-order valence-corrected chi connectivity index (χ3v) is 3.39. The van der Waals surface area contributed by atoms with Crippen LogP contribution < -0.4 is 0 Å². The van der Waals surface area contributed by atoms with E-state index in [1.165, 1.54) is 70.6 Å². The standard InChI is InChI=1S/C7H14.C6H12.4CHNO/c1-7-5-3-2-4-6-7;1-2-4-6-5-3-1;4*2-1-3/h7H,2-6H2,1H3;1-6H2;4*2H. The van der Waals surface area contributed by atoms with Crippen LogP contribution in [0.4, 0.5) is 0 Å². The van der Waals surface area contributed by atoms with Crippen LogP contribution in [0.25, 0.3) is 0 Å². The summed E-state index contributed by atoms with van der Waals surface area (Å²) < 4.78 is 0. The second-order valence-electron chi connectivity index (χ2n) is 5.27. The van der Waals surface area contributed by atoms with Crippen molar-refractivity contribution in [3.8, 4) is 0 Å². The summed E-state index contributed by atoms with van der Waals surface area (Å²) in [6, 6.07) is 0. The maximum absolute atomic E-state index is 8.35. The first-order valence-electron chi connectivity index (χ1n) is 8.21. The highest BCUT2D eigenvalue weighted by Gasteiger charge is 2.05. The van der Waals surface area contributed by atoms with Crippen molar-refractivity contribution in [3.63, 3.8) is 0 Å². The van der Waals surface area contributed by atoms with Crippen LogP contribution in [-0.2, 0) is 19.2 Å². The fourth-order valence-electron chi connectivity index (χ4n) is 2.37. The van der Waals surface area contributed by atoms with E-state index in [-0.39, 0.29) is 0 Å². The van der Waals surface area contributed by atoms with E-state index < -0.39 is 0 Å². The summed E-state index contributed by atoms with van der Waals surface area (Å²) in [4.78, 5) is 33.4. The van der Waals surface area contributed by atoms with E-state index >= 15 is 0 Å². The summed E-state index contributed by atoms with van der Waals surface area (Å²) in [7, 11) is 0. The van der Waals surface area contributed by atoms with Crippen LogP contribution in [-0.4, -0.2) is 24.3 Å². The minimum atomic E-state index is 0.750. The lowest BCUT2D eigenvalue weighted by atomic mass is 9.91. The van der Waals surface area contributed by atoms with Crippen LogP contribution in [0.15, 0.2) is 0 Å². The predicted molar refractivity (Wildman–Crippen MR) is 93.6 cm³/mol. The molecule has 0 radical (unpaired) electrons. The van der Waals surface area contributed by atoms with Crippen molar-refractivity contribution in [2.45, 2.75) is 77.6 Å². The highest BCUT2D eigenvalue weighted by Crippen LogP contribution is 2.22. The van der Waals surface area contributed by atoms with E-state index in [9.17, 15) is 0 Å². The number of carbonyl (C=O) groups excluding carboxylic acids is 4. The van der Waals surface area contributed by atoms with Crippen molar-refractivity contribution < 1.29 is 19.2 Å². The Morgan fingerprint density at radius 2 is 0.680 bits per heavy atom. The Morgan fingerprint density at radius 3 is 0.800 bits per heavy atom. The molecule has 0 atom stereocenters. The summed E-state index contributed by atoms with van der Waals surface area (Å²) in [5.74, 6) is 1.04. The van der Waals surface area contributed by atoms with E-state index in [1.807, 2.05) is 0 Å². The second-order valence-corrected chi connectivity index (χ2v) is 5.27. The largest absolute Gasteiger partial charge is 0.231 e. The summed E-state index contributed by atoms with van der Waals surface area (Å²) in [6.07, 6.45) is 19.4. The molecule has 2 saturated carbocycles. The van der Waals surface area contributed by atoms with Crippen LogP contribution in [0, 0.1) is 27.6 Å². The first-order chi connectivity index (χ1) is 12.1. The van der Waals surface area contributed by atoms with E-state index in [4.69, 9.17) is 40.8 Å². The third-order valence-electron chi connectivity index (χ3n) is 3.39. The smallest absolute Gasteiger partial charge is 0.222 e. The van der Waals surface area contributed by atoms with Gasteiger partial charge in [-0.05, 0) is 5.92 Å². The van der Waals surface area contributed by atoms with Gasteiger partial charge in [-0.25, -0.2) is 40.8 Å². The number of rotatable bonds is 0. The summed E-state index contributed by atoms with van der Waals surface area (Å²) in [5.41, 5.74) is 0. The number of nitrogens with one attached hydrogen (secondary N) is 4. The minimum absolute atomic E-state index is 0.750. The molecule has 142 valence electrons. The molecule has 0 spiro atoms. The van der Waals surface area contributed by atoms with E-state index in [0.29, 0.717) is 0 Å². The monoisotopic (exact) mass is 354 g/mol. The summed E-state index contributed by atoms with van der Waals surface area (Å²) in [6.45, 7) is 2.36. The summed E-state index contributed by atoms with van der Waals surface area (Å²) >= 11 is 0. The van der Waals surface area contributed by atoms with Gasteiger partial charge < -0.3 is 0 Å². The molecule has 8 heteroatoms. The van der Waals surface area contributed by atoms with Gasteiger partial charge >= 0.3 is 0 Å². The second kappa shape index (κ2) is 37.6. The zero-order chi connectivity index (χ0) is 20.2. The molecule has 0 heterocycles. The lowest BCUT2D eigenvalue weighted by Gasteiger charge is -2.15. The molecule has 0 aromatic carbocycles. The van der Waals surface area contributed by atoms with Crippen molar-refractivity contribution in [1.82, 2.24) is 0 Å². The topological polar surface area (TPSA) is 164 Å². The van der Waals surface area contributed by atoms with Gasteiger partial charge in [0.05, 0.1) is 0 Å². The summed E-state index contributed by atoms with van der Waals surface area (Å²) in [5, 5.41) is 21.6. The van der Waals surface area contributed by atoms with Crippen LogP contribution in [0.2, 0.25) is 0 Å². The van der Waals surface area contributed by atoms with Crippen molar-refractivity contribution in [2.24, 2.45) is 5.92 Å². The molecule has 25 heavy (non-hydrogen) atoms. The van der Waals surface area contributed by atoms with Gasteiger partial charge in [0.25, 0.3) is 0 Å². The highest BCUT2D eigenvalue weighted by molar-refractivity contribution is 5.26. The molecule has 0 aromatic rings. The predicted octanol–water partition coefficient (Wildman–Crippen LogP) is 4.53. The van der Waals surface area contributed by atoms with Crippen molar-refractivity contribution in [1.29, 1.82) is 21.6 Å². The molecule has 2 aliphatic rings. The molecule has 4 N–H and O–H groups in total. The maximum Gasteiger partial charge on any atom is 0.231 e. The number of hydrogen-bond donors (Lipinski definition) is 4. The van der Waals surface area contributed by atoms with Gasteiger partial charge in [-0.15, -0.1) is 0 Å². The Labute approximate surface area is 149 Å². The molecule has 0 saturated heterocycles. The molecule has 2 fully saturated rings. The Kier molecular flexibility index (Phi) is 45.8. The minimum Gasteiger partial charge on any atom is -0.222 e. The highest BCUT2D eigenvalue weighted by atomic mass is 16.1. The van der Waals surface area contributed by atoms with Crippen LogP contribution in [0.5, 0.6) is 0 Å². The van der Waals surface area contributed by atoms with Gasteiger partial charge in [0.2, 0.25) is 24.3 Å². The van der Waals surface area contributed by atoms with E-state index in [0.717, 1.165) is 30.2 Å². The molecule has 2 aliphatic carbocycles. The Hall–Kier alpha value is -2.48. The Bertz CT molecular complexity index is 320. The zero-order valence-electron chi connectivity index (χ0n) is 15.0. The van der Waals surface area contributed by atoms with Gasteiger partial charge in [-0.3, -0.25) is 0 Å². The van der Waals surface area contributed by atoms with Crippen molar-refractivity contribution in [3.05, 3.63) is 0 Å².